The Bertz CT molecular complexity index is 488. The van der Waals surface area contributed by atoms with E-state index in [-0.39, 0.29) is 0 Å². The zero-order valence-electron chi connectivity index (χ0n) is 16.0. The molecule has 0 heteroatoms. The Morgan fingerprint density at radius 2 is 1.78 bits per heavy atom. The van der Waals surface area contributed by atoms with E-state index in [0.717, 1.165) is 29.6 Å². The molecule has 0 bridgehead atoms. The van der Waals surface area contributed by atoms with Crippen LogP contribution in [0.5, 0.6) is 0 Å². The first-order chi connectivity index (χ1) is 11.0. The van der Waals surface area contributed by atoms with Crippen LogP contribution in [0, 0.1) is 40.4 Å². The lowest BCUT2D eigenvalue weighted by Crippen LogP contribution is -2.54. The van der Waals surface area contributed by atoms with Gasteiger partial charge in [0.1, 0.15) is 0 Å². The molecule has 4 fully saturated rings. The second-order valence-electron chi connectivity index (χ2n) is 10.4. The zero-order chi connectivity index (χ0) is 16.2. The maximum Gasteiger partial charge on any atom is -0.0257 e. The van der Waals surface area contributed by atoms with Crippen molar-refractivity contribution in [1.82, 2.24) is 0 Å². The van der Waals surface area contributed by atoms with E-state index in [2.05, 4.69) is 33.8 Å². The largest absolute Gasteiger partial charge is 0.0884 e. The Hall–Kier alpha value is -0.260. The highest BCUT2D eigenvalue weighted by Crippen LogP contribution is 2.66. The van der Waals surface area contributed by atoms with Gasteiger partial charge in [-0.2, -0.15) is 0 Å². The molecule has 4 aliphatic rings. The number of allylic oxidation sites excluding steroid dienone is 2. The highest BCUT2D eigenvalue weighted by molar-refractivity contribution is 5.14. The van der Waals surface area contributed by atoms with Gasteiger partial charge in [-0.15, -0.1) is 0 Å². The van der Waals surface area contributed by atoms with Gasteiger partial charge in [0.2, 0.25) is 0 Å². The average Bonchev–Trinajstić information content (AvgIpc) is 2.54. The highest BCUT2D eigenvalue weighted by Gasteiger charge is 2.57. The summed E-state index contributed by atoms with van der Waals surface area (Å²) in [5.41, 5.74) is 3.08. The van der Waals surface area contributed by atoms with Gasteiger partial charge in [-0.1, -0.05) is 38.8 Å². The standard InChI is InChI=1S/C23H38/c1-5-17-6-9-20-19-8-7-18-14-16(2)10-13-23(18,4)21(19)11-12-22(20,3)15-17/h5,16,18-21H,6-15H2,1-4H3/b17-5-/t16-,18-,19-,20-,21-,22+,23-/m0/s1. The van der Waals surface area contributed by atoms with Crippen LogP contribution in [0.25, 0.3) is 0 Å². The summed E-state index contributed by atoms with van der Waals surface area (Å²) in [6.45, 7) is 10.1. The van der Waals surface area contributed by atoms with Gasteiger partial charge in [0.25, 0.3) is 0 Å². The van der Waals surface area contributed by atoms with Gasteiger partial charge in [-0.3, -0.25) is 0 Å². The van der Waals surface area contributed by atoms with E-state index in [1.165, 1.54) is 51.4 Å². The molecule has 4 saturated carbocycles. The predicted molar refractivity (Wildman–Crippen MR) is 99.3 cm³/mol. The molecule has 0 amide bonds. The molecule has 0 aliphatic heterocycles. The minimum atomic E-state index is 0.631. The Balaban J connectivity index is 1.59. The van der Waals surface area contributed by atoms with Crippen molar-refractivity contribution in [3.05, 3.63) is 11.6 Å². The summed E-state index contributed by atoms with van der Waals surface area (Å²) in [7, 11) is 0. The Labute approximate surface area is 144 Å². The van der Waals surface area contributed by atoms with Crippen LogP contribution in [0.4, 0.5) is 0 Å². The van der Waals surface area contributed by atoms with Crippen LogP contribution in [0.1, 0.15) is 91.9 Å². The highest BCUT2D eigenvalue weighted by atomic mass is 14.6. The molecular formula is C23H38. The lowest BCUT2D eigenvalue weighted by atomic mass is 9.42. The van der Waals surface area contributed by atoms with Crippen molar-refractivity contribution in [3.8, 4) is 0 Å². The minimum Gasteiger partial charge on any atom is -0.0884 e. The third-order valence-electron chi connectivity index (χ3n) is 9.26. The molecule has 0 radical (unpaired) electrons. The SMILES string of the molecule is C/C=C1/CC[C@H]2[C@@H]3CC[C@H]4C[C@@H](C)CC[C@]4(C)[C@H]3CC[C@]2(C)C1. The van der Waals surface area contributed by atoms with Gasteiger partial charge in [-0.25, -0.2) is 0 Å². The van der Waals surface area contributed by atoms with Gasteiger partial charge < -0.3 is 0 Å². The lowest BCUT2D eigenvalue weighted by Gasteiger charge is -2.62. The monoisotopic (exact) mass is 314 g/mol. The second-order valence-corrected chi connectivity index (χ2v) is 10.4. The molecule has 0 unspecified atom stereocenters. The Morgan fingerprint density at radius 1 is 0.957 bits per heavy atom. The van der Waals surface area contributed by atoms with Gasteiger partial charge in [0.15, 0.2) is 0 Å². The molecule has 4 aliphatic carbocycles. The molecular weight excluding hydrogens is 276 g/mol. The van der Waals surface area contributed by atoms with E-state index in [4.69, 9.17) is 0 Å². The Morgan fingerprint density at radius 3 is 2.57 bits per heavy atom. The van der Waals surface area contributed by atoms with Crippen molar-refractivity contribution in [2.24, 2.45) is 40.4 Å². The minimum absolute atomic E-state index is 0.631. The van der Waals surface area contributed by atoms with E-state index >= 15 is 0 Å². The summed E-state index contributed by atoms with van der Waals surface area (Å²) in [5, 5.41) is 0. The topological polar surface area (TPSA) is 0 Å². The Kier molecular flexibility index (Phi) is 3.97. The smallest absolute Gasteiger partial charge is 0.0257 e. The molecule has 0 saturated heterocycles. The van der Waals surface area contributed by atoms with Crippen LogP contribution < -0.4 is 0 Å². The average molecular weight is 315 g/mol. The molecule has 0 aromatic rings. The number of fused-ring (bicyclic) bond motifs is 5. The molecule has 7 atom stereocenters. The quantitative estimate of drug-likeness (QED) is 0.422. The number of rotatable bonds is 0. The van der Waals surface area contributed by atoms with Gasteiger partial charge >= 0.3 is 0 Å². The third-order valence-corrected chi connectivity index (χ3v) is 9.26. The van der Waals surface area contributed by atoms with E-state index in [9.17, 15) is 0 Å². The van der Waals surface area contributed by atoms with E-state index in [1.807, 2.05) is 0 Å². The summed E-state index contributed by atoms with van der Waals surface area (Å²) in [6.07, 6.45) is 17.4. The molecule has 0 nitrogen and oxygen atoms in total. The van der Waals surface area contributed by atoms with Crippen molar-refractivity contribution in [2.75, 3.05) is 0 Å². The summed E-state index contributed by atoms with van der Waals surface area (Å²) in [6, 6.07) is 0. The van der Waals surface area contributed by atoms with Crippen molar-refractivity contribution >= 4 is 0 Å². The van der Waals surface area contributed by atoms with Crippen molar-refractivity contribution in [1.29, 1.82) is 0 Å². The van der Waals surface area contributed by atoms with Crippen molar-refractivity contribution in [2.45, 2.75) is 91.9 Å². The van der Waals surface area contributed by atoms with Crippen LogP contribution in [0.15, 0.2) is 11.6 Å². The van der Waals surface area contributed by atoms with Crippen LogP contribution in [-0.2, 0) is 0 Å². The first-order valence-electron chi connectivity index (χ1n) is 10.6. The van der Waals surface area contributed by atoms with E-state index in [0.29, 0.717) is 10.8 Å². The van der Waals surface area contributed by atoms with Crippen LogP contribution in [0.3, 0.4) is 0 Å². The maximum absolute atomic E-state index is 2.71. The zero-order valence-corrected chi connectivity index (χ0v) is 16.0. The van der Waals surface area contributed by atoms with E-state index < -0.39 is 0 Å². The summed E-state index contributed by atoms with van der Waals surface area (Å²) >= 11 is 0. The molecule has 0 N–H and O–H groups in total. The van der Waals surface area contributed by atoms with Gasteiger partial charge in [0.05, 0.1) is 0 Å². The second kappa shape index (κ2) is 5.63. The van der Waals surface area contributed by atoms with Crippen molar-refractivity contribution in [3.63, 3.8) is 0 Å². The predicted octanol–water partition coefficient (Wildman–Crippen LogP) is 7.00. The normalized spacial score (nSPS) is 55.0. The third kappa shape index (κ3) is 2.46. The molecule has 0 heterocycles. The first kappa shape index (κ1) is 16.2. The number of hydrogen-bond acceptors (Lipinski definition) is 0. The summed E-state index contributed by atoms with van der Waals surface area (Å²) < 4.78 is 0. The van der Waals surface area contributed by atoms with Crippen LogP contribution >= 0.6 is 0 Å². The van der Waals surface area contributed by atoms with E-state index in [1.54, 1.807) is 18.4 Å². The maximum atomic E-state index is 2.71. The van der Waals surface area contributed by atoms with Gasteiger partial charge in [-0.05, 0) is 105 Å². The van der Waals surface area contributed by atoms with Crippen LogP contribution in [0.2, 0.25) is 0 Å². The molecule has 23 heavy (non-hydrogen) atoms. The van der Waals surface area contributed by atoms with Crippen LogP contribution in [-0.4, -0.2) is 0 Å². The number of hydrogen-bond donors (Lipinski definition) is 0. The molecule has 4 rings (SSSR count). The van der Waals surface area contributed by atoms with Crippen molar-refractivity contribution < 1.29 is 0 Å². The van der Waals surface area contributed by atoms with Gasteiger partial charge in [0, 0.05) is 0 Å². The summed E-state index contributed by atoms with van der Waals surface area (Å²) in [4.78, 5) is 0. The fourth-order valence-corrected chi connectivity index (χ4v) is 7.84. The molecule has 130 valence electrons. The molecule has 0 spiro atoms. The fraction of sp³-hybridized carbons (Fsp3) is 0.913. The fourth-order valence-electron chi connectivity index (χ4n) is 7.84. The molecule has 0 aromatic heterocycles. The lowest BCUT2D eigenvalue weighted by molar-refractivity contribution is -0.124. The summed E-state index contributed by atoms with van der Waals surface area (Å²) in [5.74, 6) is 5.18. The molecule has 0 aromatic carbocycles. The first-order valence-corrected chi connectivity index (χ1v) is 10.6.